The van der Waals surface area contributed by atoms with Crippen LogP contribution in [0.5, 0.6) is 0 Å². The third kappa shape index (κ3) is 4.73. The molecule has 1 saturated carbocycles. The van der Waals surface area contributed by atoms with Crippen LogP contribution in [0.25, 0.3) is 0 Å². The summed E-state index contributed by atoms with van der Waals surface area (Å²) in [6, 6.07) is 5.96. The third-order valence-corrected chi connectivity index (χ3v) is 6.43. The van der Waals surface area contributed by atoms with Crippen LogP contribution in [0.4, 0.5) is 5.69 Å². The number of nitrogens with zero attached hydrogens (tertiary/aromatic N) is 1. The average molecular weight is 386 g/mol. The Morgan fingerprint density at radius 3 is 2.82 bits per heavy atom. The predicted octanol–water partition coefficient (Wildman–Crippen LogP) is 1.86. The average Bonchev–Trinajstić information content (AvgIpc) is 3.25. The molecule has 4 rings (SSSR count). The standard InChI is InChI=1S/C22H31N3O3/c26-18-8-9-25(13-18)14-20(16-4-2-1-3-5-16)24-21(27)11-15-6-7-17-12-22(28)23-19(17)10-15/h6-7,10,16,18,20,26H,1-5,8-9,11-14H2,(H,23,28)(H,24,27)/t18-,20?/m0/s1. The molecular weight excluding hydrogens is 354 g/mol. The molecule has 2 heterocycles. The molecule has 1 aromatic rings. The number of anilines is 1. The lowest BCUT2D eigenvalue weighted by atomic mass is 9.83. The Morgan fingerprint density at radius 2 is 2.07 bits per heavy atom. The van der Waals surface area contributed by atoms with Gasteiger partial charge in [0.25, 0.3) is 0 Å². The van der Waals surface area contributed by atoms with Crippen LogP contribution in [0.3, 0.4) is 0 Å². The molecule has 0 radical (unpaired) electrons. The number of amides is 2. The fourth-order valence-electron chi connectivity index (χ4n) is 4.92. The SMILES string of the molecule is O=C1Cc2ccc(CC(=O)NC(CN3CC[C@H](O)C3)C3CCCCC3)cc2N1. The maximum absolute atomic E-state index is 12.8. The Hall–Kier alpha value is -1.92. The summed E-state index contributed by atoms with van der Waals surface area (Å²) in [6.07, 6.45) is 7.46. The highest BCUT2D eigenvalue weighted by atomic mass is 16.3. The van der Waals surface area contributed by atoms with Crippen LogP contribution in [-0.4, -0.2) is 53.6 Å². The van der Waals surface area contributed by atoms with Crippen molar-refractivity contribution in [2.24, 2.45) is 5.92 Å². The van der Waals surface area contributed by atoms with Gasteiger partial charge in [-0.1, -0.05) is 31.4 Å². The number of fused-ring (bicyclic) bond motifs is 1. The summed E-state index contributed by atoms with van der Waals surface area (Å²) in [5, 5.41) is 16.0. The molecule has 28 heavy (non-hydrogen) atoms. The number of likely N-dealkylation sites (tertiary alicyclic amines) is 1. The normalized spacial score (nSPS) is 24.0. The number of rotatable bonds is 6. The number of β-amino-alcohol motifs (C(OH)–C–C–N with tert-alkyl or cyclic N) is 1. The molecule has 6 nitrogen and oxygen atoms in total. The van der Waals surface area contributed by atoms with Crippen molar-refractivity contribution < 1.29 is 14.7 Å². The van der Waals surface area contributed by atoms with E-state index in [0.29, 0.717) is 25.3 Å². The zero-order valence-electron chi connectivity index (χ0n) is 16.5. The number of nitrogens with one attached hydrogen (secondary N) is 2. The molecule has 152 valence electrons. The Balaban J connectivity index is 1.38. The largest absolute Gasteiger partial charge is 0.392 e. The molecule has 3 N–H and O–H groups in total. The van der Waals surface area contributed by atoms with E-state index in [1.54, 1.807) is 0 Å². The van der Waals surface area contributed by atoms with Crippen molar-refractivity contribution in [3.8, 4) is 0 Å². The van der Waals surface area contributed by atoms with Gasteiger partial charge in [-0.05, 0) is 42.4 Å². The molecule has 1 aliphatic carbocycles. The quantitative estimate of drug-likeness (QED) is 0.698. The highest BCUT2D eigenvalue weighted by molar-refractivity contribution is 5.99. The molecule has 2 fully saturated rings. The van der Waals surface area contributed by atoms with Gasteiger partial charge < -0.3 is 15.7 Å². The molecule has 1 aromatic carbocycles. The van der Waals surface area contributed by atoms with Gasteiger partial charge in [0.15, 0.2) is 0 Å². The van der Waals surface area contributed by atoms with Crippen molar-refractivity contribution in [1.82, 2.24) is 10.2 Å². The Labute approximate surface area is 166 Å². The van der Waals surface area contributed by atoms with Crippen LogP contribution in [0.2, 0.25) is 0 Å². The molecule has 1 saturated heterocycles. The van der Waals surface area contributed by atoms with Gasteiger partial charge in [-0.15, -0.1) is 0 Å². The zero-order chi connectivity index (χ0) is 19.5. The van der Waals surface area contributed by atoms with Gasteiger partial charge in [0.1, 0.15) is 0 Å². The van der Waals surface area contributed by atoms with Gasteiger partial charge in [-0.25, -0.2) is 0 Å². The first-order valence-corrected chi connectivity index (χ1v) is 10.7. The van der Waals surface area contributed by atoms with E-state index in [2.05, 4.69) is 15.5 Å². The lowest BCUT2D eigenvalue weighted by Gasteiger charge is -2.33. The number of aliphatic hydroxyl groups is 1. The minimum absolute atomic E-state index is 0.0155. The number of hydrogen-bond acceptors (Lipinski definition) is 4. The second kappa shape index (κ2) is 8.62. The van der Waals surface area contributed by atoms with Crippen LogP contribution in [-0.2, 0) is 22.4 Å². The summed E-state index contributed by atoms with van der Waals surface area (Å²) < 4.78 is 0. The molecule has 2 amide bonds. The first kappa shape index (κ1) is 19.4. The fourth-order valence-corrected chi connectivity index (χ4v) is 4.92. The van der Waals surface area contributed by atoms with E-state index in [1.165, 1.54) is 32.1 Å². The fraction of sp³-hybridized carbons (Fsp3) is 0.636. The Morgan fingerprint density at radius 1 is 1.25 bits per heavy atom. The van der Waals surface area contributed by atoms with Crippen molar-refractivity contribution in [2.75, 3.05) is 25.0 Å². The van der Waals surface area contributed by atoms with Crippen molar-refractivity contribution in [3.05, 3.63) is 29.3 Å². The summed E-state index contributed by atoms with van der Waals surface area (Å²) in [4.78, 5) is 26.6. The van der Waals surface area contributed by atoms with Gasteiger partial charge in [-0.3, -0.25) is 14.5 Å². The highest BCUT2D eigenvalue weighted by Crippen LogP contribution is 2.28. The molecule has 2 aliphatic heterocycles. The minimum Gasteiger partial charge on any atom is -0.392 e. The van der Waals surface area contributed by atoms with Gasteiger partial charge in [-0.2, -0.15) is 0 Å². The Kier molecular flexibility index (Phi) is 5.97. The zero-order valence-corrected chi connectivity index (χ0v) is 16.5. The number of carbonyl (C=O) groups is 2. The number of hydrogen-bond donors (Lipinski definition) is 3. The first-order valence-electron chi connectivity index (χ1n) is 10.7. The van der Waals surface area contributed by atoms with Crippen LogP contribution in [0, 0.1) is 5.92 Å². The van der Waals surface area contributed by atoms with Crippen LogP contribution >= 0.6 is 0 Å². The number of benzene rings is 1. The molecule has 1 unspecified atom stereocenters. The smallest absolute Gasteiger partial charge is 0.228 e. The van der Waals surface area contributed by atoms with Gasteiger partial charge >= 0.3 is 0 Å². The minimum atomic E-state index is -0.232. The van der Waals surface area contributed by atoms with Crippen molar-refractivity contribution in [2.45, 2.75) is 63.5 Å². The maximum atomic E-state index is 12.8. The molecule has 2 atom stereocenters. The van der Waals surface area contributed by atoms with E-state index in [9.17, 15) is 14.7 Å². The van der Waals surface area contributed by atoms with E-state index in [1.807, 2.05) is 18.2 Å². The van der Waals surface area contributed by atoms with Crippen LogP contribution in [0.15, 0.2) is 18.2 Å². The van der Waals surface area contributed by atoms with E-state index in [4.69, 9.17) is 0 Å². The van der Waals surface area contributed by atoms with Crippen LogP contribution in [0.1, 0.15) is 49.7 Å². The van der Waals surface area contributed by atoms with E-state index >= 15 is 0 Å². The monoisotopic (exact) mass is 385 g/mol. The van der Waals surface area contributed by atoms with E-state index in [0.717, 1.165) is 36.3 Å². The number of aliphatic hydroxyl groups excluding tert-OH is 1. The van der Waals surface area contributed by atoms with E-state index < -0.39 is 0 Å². The third-order valence-electron chi connectivity index (χ3n) is 6.43. The highest BCUT2D eigenvalue weighted by Gasteiger charge is 2.30. The second-order valence-electron chi connectivity index (χ2n) is 8.67. The molecule has 3 aliphatic rings. The summed E-state index contributed by atoms with van der Waals surface area (Å²) in [6.45, 7) is 2.45. The topological polar surface area (TPSA) is 81.7 Å². The maximum Gasteiger partial charge on any atom is 0.228 e. The lowest BCUT2D eigenvalue weighted by molar-refractivity contribution is -0.121. The summed E-state index contributed by atoms with van der Waals surface area (Å²) >= 11 is 0. The summed E-state index contributed by atoms with van der Waals surface area (Å²) in [5.74, 6) is 0.580. The Bertz CT molecular complexity index is 730. The lowest BCUT2D eigenvalue weighted by Crippen LogP contribution is -2.48. The van der Waals surface area contributed by atoms with Crippen molar-refractivity contribution in [3.63, 3.8) is 0 Å². The molecule has 0 spiro atoms. The van der Waals surface area contributed by atoms with Crippen LogP contribution < -0.4 is 10.6 Å². The van der Waals surface area contributed by atoms with Gasteiger partial charge in [0.2, 0.25) is 11.8 Å². The molecule has 0 aromatic heterocycles. The predicted molar refractivity (Wildman–Crippen MR) is 108 cm³/mol. The molecular formula is C22H31N3O3. The number of carbonyl (C=O) groups excluding carboxylic acids is 2. The van der Waals surface area contributed by atoms with Gasteiger partial charge in [0.05, 0.1) is 18.9 Å². The van der Waals surface area contributed by atoms with Gasteiger partial charge in [0, 0.05) is 31.4 Å². The van der Waals surface area contributed by atoms with Crippen molar-refractivity contribution in [1.29, 1.82) is 0 Å². The summed E-state index contributed by atoms with van der Waals surface area (Å²) in [5.41, 5.74) is 2.77. The molecule has 0 bridgehead atoms. The second-order valence-corrected chi connectivity index (χ2v) is 8.67. The van der Waals surface area contributed by atoms with E-state index in [-0.39, 0.29) is 24.0 Å². The van der Waals surface area contributed by atoms with Crippen molar-refractivity contribution >= 4 is 17.5 Å². The summed E-state index contributed by atoms with van der Waals surface area (Å²) in [7, 11) is 0. The first-order chi connectivity index (χ1) is 13.6. The molecule has 6 heteroatoms.